The molecular formula is C21H28N2. The van der Waals surface area contributed by atoms with Gasteiger partial charge in [-0.3, -0.25) is 0 Å². The zero-order valence-corrected chi connectivity index (χ0v) is 14.6. The SMILES string of the molecule is CCCCCCC(C)(C)n1c2ccccc2c2ccc(N)cc21. The van der Waals surface area contributed by atoms with Crippen LogP contribution < -0.4 is 5.73 Å². The Labute approximate surface area is 139 Å². The molecule has 2 N–H and O–H groups in total. The quantitative estimate of drug-likeness (QED) is 0.434. The van der Waals surface area contributed by atoms with Gasteiger partial charge in [0.1, 0.15) is 0 Å². The molecule has 1 heterocycles. The van der Waals surface area contributed by atoms with E-state index in [-0.39, 0.29) is 5.54 Å². The molecule has 0 unspecified atom stereocenters. The lowest BCUT2D eigenvalue weighted by atomic mass is 9.95. The summed E-state index contributed by atoms with van der Waals surface area (Å²) in [5.41, 5.74) is 9.58. The summed E-state index contributed by atoms with van der Waals surface area (Å²) in [5, 5.41) is 2.63. The van der Waals surface area contributed by atoms with Gasteiger partial charge in [0.05, 0.1) is 5.52 Å². The zero-order valence-electron chi connectivity index (χ0n) is 14.6. The van der Waals surface area contributed by atoms with Gasteiger partial charge in [-0.15, -0.1) is 0 Å². The van der Waals surface area contributed by atoms with Gasteiger partial charge in [0.25, 0.3) is 0 Å². The summed E-state index contributed by atoms with van der Waals surface area (Å²) in [6.45, 7) is 6.98. The van der Waals surface area contributed by atoms with E-state index in [9.17, 15) is 0 Å². The number of hydrogen-bond donors (Lipinski definition) is 1. The minimum Gasteiger partial charge on any atom is -0.399 e. The number of para-hydroxylation sites is 1. The van der Waals surface area contributed by atoms with Crippen molar-refractivity contribution in [3.05, 3.63) is 42.5 Å². The van der Waals surface area contributed by atoms with E-state index in [0.29, 0.717) is 0 Å². The van der Waals surface area contributed by atoms with E-state index in [2.05, 4.69) is 61.7 Å². The Morgan fingerprint density at radius 1 is 0.913 bits per heavy atom. The van der Waals surface area contributed by atoms with Crippen molar-refractivity contribution in [3.63, 3.8) is 0 Å². The van der Waals surface area contributed by atoms with Gasteiger partial charge in [0.2, 0.25) is 0 Å². The van der Waals surface area contributed by atoms with Crippen LogP contribution in [0.3, 0.4) is 0 Å². The predicted octanol–water partition coefficient (Wildman–Crippen LogP) is 6.08. The van der Waals surface area contributed by atoms with Crippen molar-refractivity contribution in [1.29, 1.82) is 0 Å². The molecule has 3 rings (SSSR count). The van der Waals surface area contributed by atoms with Crippen molar-refractivity contribution >= 4 is 27.5 Å². The number of nitrogens with zero attached hydrogens (tertiary/aromatic N) is 1. The first-order chi connectivity index (χ1) is 11.0. The molecule has 0 spiro atoms. The first-order valence-electron chi connectivity index (χ1n) is 8.84. The Kier molecular flexibility index (Phi) is 4.34. The van der Waals surface area contributed by atoms with E-state index >= 15 is 0 Å². The standard InChI is InChI=1S/C21H28N2/c1-4-5-6-9-14-21(2,3)23-19-11-8-7-10-17(19)18-13-12-16(22)15-20(18)23/h7-8,10-13,15H,4-6,9,14,22H2,1-3H3. The Morgan fingerprint density at radius 2 is 1.65 bits per heavy atom. The van der Waals surface area contributed by atoms with Gasteiger partial charge in [0.15, 0.2) is 0 Å². The molecule has 0 fully saturated rings. The molecule has 2 nitrogen and oxygen atoms in total. The number of unbranched alkanes of at least 4 members (excludes halogenated alkanes) is 3. The predicted molar refractivity (Wildman–Crippen MR) is 102 cm³/mol. The molecule has 0 saturated heterocycles. The molecule has 23 heavy (non-hydrogen) atoms. The minimum atomic E-state index is 0.0862. The molecule has 0 amide bonds. The van der Waals surface area contributed by atoms with Gasteiger partial charge in [-0.2, -0.15) is 0 Å². The van der Waals surface area contributed by atoms with Crippen molar-refractivity contribution < 1.29 is 0 Å². The smallest absolute Gasteiger partial charge is 0.0517 e. The molecule has 2 heteroatoms. The summed E-state index contributed by atoms with van der Waals surface area (Å²) in [6, 6.07) is 15.0. The van der Waals surface area contributed by atoms with Crippen LogP contribution in [-0.2, 0) is 5.54 Å². The third kappa shape index (κ3) is 2.95. The molecule has 1 aromatic heterocycles. The number of hydrogen-bond acceptors (Lipinski definition) is 1. The molecule has 0 saturated carbocycles. The molecule has 122 valence electrons. The number of anilines is 1. The maximum absolute atomic E-state index is 6.08. The van der Waals surface area contributed by atoms with Gasteiger partial charge in [-0.05, 0) is 38.5 Å². The van der Waals surface area contributed by atoms with Crippen LogP contribution in [0.1, 0.15) is 52.9 Å². The van der Waals surface area contributed by atoms with Gasteiger partial charge in [-0.25, -0.2) is 0 Å². The number of nitrogen functional groups attached to an aromatic ring is 1. The number of rotatable bonds is 6. The van der Waals surface area contributed by atoms with Crippen LogP contribution in [-0.4, -0.2) is 4.57 Å². The van der Waals surface area contributed by atoms with E-state index in [1.54, 1.807) is 0 Å². The van der Waals surface area contributed by atoms with Gasteiger partial charge in [0, 0.05) is 27.5 Å². The molecule has 0 atom stereocenters. The molecule has 3 aromatic rings. The van der Waals surface area contributed by atoms with E-state index in [0.717, 1.165) is 5.69 Å². The van der Waals surface area contributed by atoms with E-state index in [1.165, 1.54) is 53.9 Å². The molecule has 0 bridgehead atoms. The fraction of sp³-hybridized carbons (Fsp3) is 0.429. The van der Waals surface area contributed by atoms with Crippen molar-refractivity contribution in [2.75, 3.05) is 5.73 Å². The molecular weight excluding hydrogens is 280 g/mol. The van der Waals surface area contributed by atoms with Gasteiger partial charge >= 0.3 is 0 Å². The Morgan fingerprint density at radius 3 is 2.43 bits per heavy atom. The molecule has 0 radical (unpaired) electrons. The van der Waals surface area contributed by atoms with E-state index < -0.39 is 0 Å². The Hall–Kier alpha value is -1.96. The van der Waals surface area contributed by atoms with Crippen LogP contribution >= 0.6 is 0 Å². The molecule has 0 aliphatic heterocycles. The largest absolute Gasteiger partial charge is 0.399 e. The highest BCUT2D eigenvalue weighted by Gasteiger charge is 2.24. The molecule has 0 aliphatic carbocycles. The summed E-state index contributed by atoms with van der Waals surface area (Å²) in [6.07, 6.45) is 6.40. The third-order valence-electron chi connectivity index (χ3n) is 4.95. The normalized spacial score (nSPS) is 12.3. The second-order valence-electron chi connectivity index (χ2n) is 7.25. The topological polar surface area (TPSA) is 30.9 Å². The van der Waals surface area contributed by atoms with Crippen molar-refractivity contribution in [2.24, 2.45) is 0 Å². The summed E-state index contributed by atoms with van der Waals surface area (Å²) in [7, 11) is 0. The Bertz CT molecular complexity index is 811. The van der Waals surface area contributed by atoms with E-state index in [4.69, 9.17) is 5.73 Å². The van der Waals surface area contributed by atoms with Crippen LogP contribution in [0.5, 0.6) is 0 Å². The highest BCUT2D eigenvalue weighted by Crippen LogP contribution is 2.37. The van der Waals surface area contributed by atoms with Gasteiger partial charge in [-0.1, -0.05) is 56.9 Å². The van der Waals surface area contributed by atoms with E-state index in [1.807, 2.05) is 6.07 Å². The maximum atomic E-state index is 6.08. The van der Waals surface area contributed by atoms with Crippen molar-refractivity contribution in [1.82, 2.24) is 4.57 Å². The monoisotopic (exact) mass is 308 g/mol. The summed E-state index contributed by atoms with van der Waals surface area (Å²) < 4.78 is 2.50. The summed E-state index contributed by atoms with van der Waals surface area (Å²) in [5.74, 6) is 0. The Balaban J connectivity index is 2.11. The summed E-state index contributed by atoms with van der Waals surface area (Å²) >= 11 is 0. The highest BCUT2D eigenvalue weighted by atomic mass is 15.1. The highest BCUT2D eigenvalue weighted by molar-refractivity contribution is 6.09. The molecule has 2 aromatic carbocycles. The number of fused-ring (bicyclic) bond motifs is 3. The lowest BCUT2D eigenvalue weighted by Gasteiger charge is -2.29. The number of nitrogens with two attached hydrogens (primary N) is 1. The van der Waals surface area contributed by atoms with Crippen LogP contribution in [0, 0.1) is 0 Å². The average Bonchev–Trinajstić information content (AvgIpc) is 2.85. The average molecular weight is 308 g/mol. The second-order valence-corrected chi connectivity index (χ2v) is 7.25. The summed E-state index contributed by atoms with van der Waals surface area (Å²) in [4.78, 5) is 0. The van der Waals surface area contributed by atoms with Gasteiger partial charge < -0.3 is 10.3 Å². The first-order valence-corrected chi connectivity index (χ1v) is 8.84. The minimum absolute atomic E-state index is 0.0862. The third-order valence-corrected chi connectivity index (χ3v) is 4.95. The van der Waals surface area contributed by atoms with Crippen LogP contribution in [0.15, 0.2) is 42.5 Å². The second kappa shape index (κ2) is 6.27. The zero-order chi connectivity index (χ0) is 16.4. The van der Waals surface area contributed by atoms with Crippen LogP contribution in [0.2, 0.25) is 0 Å². The number of benzene rings is 2. The first kappa shape index (κ1) is 15.9. The van der Waals surface area contributed by atoms with Crippen LogP contribution in [0.4, 0.5) is 5.69 Å². The molecule has 0 aliphatic rings. The fourth-order valence-corrected chi connectivity index (χ4v) is 3.74. The fourth-order valence-electron chi connectivity index (χ4n) is 3.74. The lowest BCUT2D eigenvalue weighted by molar-refractivity contribution is 0.332. The van der Waals surface area contributed by atoms with Crippen molar-refractivity contribution in [2.45, 2.75) is 58.4 Å². The van der Waals surface area contributed by atoms with Crippen LogP contribution in [0.25, 0.3) is 21.8 Å². The lowest BCUT2D eigenvalue weighted by Crippen LogP contribution is -2.26. The number of aromatic nitrogens is 1. The maximum Gasteiger partial charge on any atom is 0.0517 e. The van der Waals surface area contributed by atoms with Crippen molar-refractivity contribution in [3.8, 4) is 0 Å².